The average molecular weight is 403 g/mol. The van der Waals surface area contributed by atoms with Gasteiger partial charge in [-0.25, -0.2) is 9.59 Å². The lowest BCUT2D eigenvalue weighted by Crippen LogP contribution is -2.57. The van der Waals surface area contributed by atoms with Gasteiger partial charge in [-0.3, -0.25) is 20.0 Å². The van der Waals surface area contributed by atoms with Gasteiger partial charge in [0, 0.05) is 18.8 Å². The van der Waals surface area contributed by atoms with Crippen LogP contribution in [0.25, 0.3) is 10.9 Å². The smallest absolute Gasteiger partial charge is 0.410 e. The predicted octanol–water partition coefficient (Wildman–Crippen LogP) is 2.99. The highest BCUT2D eigenvalue weighted by molar-refractivity contribution is 5.92. The van der Waals surface area contributed by atoms with E-state index in [1.54, 1.807) is 12.1 Å². The third-order valence-electron chi connectivity index (χ3n) is 4.91. The summed E-state index contributed by atoms with van der Waals surface area (Å²) in [5, 5.41) is 21.4. The fourth-order valence-corrected chi connectivity index (χ4v) is 3.45. The average Bonchev–Trinajstić information content (AvgIpc) is 3.15. The van der Waals surface area contributed by atoms with E-state index in [0.717, 1.165) is 0 Å². The number of nitro groups is 1. The van der Waals surface area contributed by atoms with E-state index < -0.39 is 22.5 Å². The number of fused-ring (bicyclic) bond motifs is 1. The number of hydrogen-bond acceptors (Lipinski definition) is 7. The van der Waals surface area contributed by atoms with Crippen molar-refractivity contribution >= 4 is 28.7 Å². The van der Waals surface area contributed by atoms with Crippen LogP contribution in [0, 0.1) is 10.1 Å². The van der Waals surface area contributed by atoms with Crippen LogP contribution in [0.5, 0.6) is 5.75 Å². The molecule has 1 amide bonds. The second kappa shape index (κ2) is 8.29. The SMILES string of the molecule is CCCOC(=O)N1CCC[C@]1(COc1ccc([N+](=O)[O-])c2cccnc12)C(=O)O. The highest BCUT2D eigenvalue weighted by atomic mass is 16.6. The molecule has 1 N–H and O–H groups in total. The first-order chi connectivity index (χ1) is 13.9. The van der Waals surface area contributed by atoms with Crippen molar-refractivity contribution in [1.29, 1.82) is 0 Å². The summed E-state index contributed by atoms with van der Waals surface area (Å²) in [4.78, 5) is 40.5. The number of amides is 1. The van der Waals surface area contributed by atoms with Gasteiger partial charge in [-0.05, 0) is 37.5 Å². The number of aliphatic carboxylic acids is 1. The van der Waals surface area contributed by atoms with Crippen molar-refractivity contribution in [1.82, 2.24) is 9.88 Å². The summed E-state index contributed by atoms with van der Waals surface area (Å²) >= 11 is 0. The molecule has 1 aliphatic rings. The first-order valence-corrected chi connectivity index (χ1v) is 9.23. The maximum atomic E-state index is 12.4. The lowest BCUT2D eigenvalue weighted by atomic mass is 9.97. The minimum Gasteiger partial charge on any atom is -0.488 e. The van der Waals surface area contributed by atoms with Gasteiger partial charge in [0.25, 0.3) is 5.69 Å². The lowest BCUT2D eigenvalue weighted by molar-refractivity contribution is -0.383. The Balaban J connectivity index is 1.90. The molecule has 0 aliphatic carbocycles. The lowest BCUT2D eigenvalue weighted by Gasteiger charge is -2.33. The number of aromatic nitrogens is 1. The molecule has 0 bridgehead atoms. The van der Waals surface area contributed by atoms with Crippen molar-refractivity contribution in [2.45, 2.75) is 31.7 Å². The number of carbonyl (C=O) groups is 2. The Bertz CT molecular complexity index is 949. The standard InChI is InChI=1S/C19H21N3O7/c1-2-11-28-18(25)21-10-4-8-19(21,17(23)24)12-29-15-7-6-14(22(26)27)13-5-3-9-20-16(13)15/h3,5-7,9H,2,4,8,10-12H2,1H3,(H,23,24)/t19-/m0/s1. The van der Waals surface area contributed by atoms with E-state index in [0.29, 0.717) is 12.8 Å². The summed E-state index contributed by atoms with van der Waals surface area (Å²) in [5.74, 6) is -0.983. The summed E-state index contributed by atoms with van der Waals surface area (Å²) in [5.41, 5.74) is -1.45. The molecule has 0 radical (unpaired) electrons. The zero-order chi connectivity index (χ0) is 21.0. The van der Waals surface area contributed by atoms with Crippen molar-refractivity contribution in [3.63, 3.8) is 0 Å². The van der Waals surface area contributed by atoms with Crippen molar-refractivity contribution < 1.29 is 29.1 Å². The fraction of sp³-hybridized carbons (Fsp3) is 0.421. The maximum absolute atomic E-state index is 12.4. The first kappa shape index (κ1) is 20.3. The molecule has 1 fully saturated rings. The summed E-state index contributed by atoms with van der Waals surface area (Å²) in [6.07, 6.45) is 2.10. The topological polar surface area (TPSA) is 132 Å². The molecule has 0 unspecified atom stereocenters. The molecule has 1 atom stereocenters. The molecule has 0 spiro atoms. The minimum absolute atomic E-state index is 0.126. The number of pyridine rings is 1. The molecule has 1 aliphatic heterocycles. The summed E-state index contributed by atoms with van der Waals surface area (Å²) < 4.78 is 10.9. The monoisotopic (exact) mass is 403 g/mol. The number of carboxylic acids is 1. The van der Waals surface area contributed by atoms with Crippen LogP contribution in [0.4, 0.5) is 10.5 Å². The molecule has 2 heterocycles. The van der Waals surface area contributed by atoms with Gasteiger partial charge in [0.15, 0.2) is 5.54 Å². The van der Waals surface area contributed by atoms with Crippen LogP contribution in [-0.2, 0) is 9.53 Å². The molecule has 1 aromatic heterocycles. The van der Waals surface area contributed by atoms with E-state index in [9.17, 15) is 24.8 Å². The number of ether oxygens (including phenoxy) is 2. The first-order valence-electron chi connectivity index (χ1n) is 9.23. The van der Waals surface area contributed by atoms with Crippen LogP contribution in [0.3, 0.4) is 0 Å². The van der Waals surface area contributed by atoms with Crippen LogP contribution < -0.4 is 4.74 Å². The van der Waals surface area contributed by atoms with Gasteiger partial charge in [-0.1, -0.05) is 6.92 Å². The van der Waals surface area contributed by atoms with Gasteiger partial charge in [0.2, 0.25) is 0 Å². The quantitative estimate of drug-likeness (QED) is 0.551. The number of nitro benzene ring substituents is 1. The number of likely N-dealkylation sites (tertiary alicyclic amines) is 1. The molecular formula is C19H21N3O7. The second-order valence-corrected chi connectivity index (χ2v) is 6.73. The zero-order valence-electron chi connectivity index (χ0n) is 15.9. The Morgan fingerprint density at radius 1 is 1.38 bits per heavy atom. The molecule has 154 valence electrons. The Morgan fingerprint density at radius 2 is 2.17 bits per heavy atom. The molecule has 2 aromatic rings. The molecule has 1 saturated heterocycles. The molecule has 10 heteroatoms. The van der Waals surface area contributed by atoms with Gasteiger partial charge >= 0.3 is 12.1 Å². The van der Waals surface area contributed by atoms with Crippen LogP contribution in [0.15, 0.2) is 30.5 Å². The van der Waals surface area contributed by atoms with Crippen molar-refractivity contribution in [3.05, 3.63) is 40.6 Å². The van der Waals surface area contributed by atoms with Crippen LogP contribution in [-0.4, -0.2) is 57.3 Å². The van der Waals surface area contributed by atoms with Gasteiger partial charge in [-0.15, -0.1) is 0 Å². The molecule has 1 aromatic carbocycles. The number of carbonyl (C=O) groups excluding carboxylic acids is 1. The molecule has 3 rings (SSSR count). The second-order valence-electron chi connectivity index (χ2n) is 6.73. The number of carboxylic acid groups (broad SMARTS) is 1. The van der Waals surface area contributed by atoms with Crippen molar-refractivity contribution in [2.75, 3.05) is 19.8 Å². The van der Waals surface area contributed by atoms with Crippen LogP contribution in [0.1, 0.15) is 26.2 Å². The molecule has 10 nitrogen and oxygen atoms in total. The number of non-ortho nitro benzene ring substituents is 1. The minimum atomic E-state index is -1.58. The van der Waals surface area contributed by atoms with Gasteiger partial charge < -0.3 is 14.6 Å². The largest absolute Gasteiger partial charge is 0.488 e. The van der Waals surface area contributed by atoms with E-state index in [2.05, 4.69) is 4.98 Å². The highest BCUT2D eigenvalue weighted by Crippen LogP contribution is 2.35. The number of benzene rings is 1. The van der Waals surface area contributed by atoms with Crippen molar-refractivity contribution in [3.8, 4) is 5.75 Å². The summed E-state index contributed by atoms with van der Waals surface area (Å²) in [6.45, 7) is 1.96. The number of nitrogens with zero attached hydrogens (tertiary/aromatic N) is 3. The number of rotatable bonds is 7. The van der Waals surface area contributed by atoms with E-state index in [1.165, 1.54) is 23.2 Å². The van der Waals surface area contributed by atoms with E-state index in [4.69, 9.17) is 9.47 Å². The van der Waals surface area contributed by atoms with Gasteiger partial charge in [0.1, 0.15) is 17.9 Å². The fourth-order valence-electron chi connectivity index (χ4n) is 3.45. The van der Waals surface area contributed by atoms with Crippen LogP contribution >= 0.6 is 0 Å². The van der Waals surface area contributed by atoms with E-state index in [-0.39, 0.29) is 48.5 Å². The van der Waals surface area contributed by atoms with Gasteiger partial charge in [0.05, 0.1) is 16.9 Å². The Morgan fingerprint density at radius 3 is 2.86 bits per heavy atom. The third-order valence-corrected chi connectivity index (χ3v) is 4.91. The Kier molecular flexibility index (Phi) is 5.81. The molecular weight excluding hydrogens is 382 g/mol. The number of hydrogen-bond donors (Lipinski definition) is 1. The van der Waals surface area contributed by atoms with E-state index >= 15 is 0 Å². The zero-order valence-corrected chi connectivity index (χ0v) is 15.9. The van der Waals surface area contributed by atoms with E-state index in [1.807, 2.05) is 6.92 Å². The molecule has 29 heavy (non-hydrogen) atoms. The summed E-state index contributed by atoms with van der Waals surface area (Å²) in [6, 6.07) is 5.79. The Labute approximate surface area is 166 Å². The Hall–Kier alpha value is -3.43. The maximum Gasteiger partial charge on any atom is 0.410 e. The van der Waals surface area contributed by atoms with Crippen LogP contribution in [0.2, 0.25) is 0 Å². The normalized spacial score (nSPS) is 18.6. The van der Waals surface area contributed by atoms with Gasteiger partial charge in [-0.2, -0.15) is 0 Å². The molecule has 0 saturated carbocycles. The summed E-state index contributed by atoms with van der Waals surface area (Å²) in [7, 11) is 0. The highest BCUT2D eigenvalue weighted by Gasteiger charge is 2.52. The van der Waals surface area contributed by atoms with Crippen molar-refractivity contribution in [2.24, 2.45) is 0 Å². The predicted molar refractivity (Wildman–Crippen MR) is 102 cm³/mol. The third kappa shape index (κ3) is 3.78.